The summed E-state index contributed by atoms with van der Waals surface area (Å²) in [5.74, 6) is -0.166. The second-order valence-corrected chi connectivity index (χ2v) is 5.45. The highest BCUT2D eigenvalue weighted by Crippen LogP contribution is 2.22. The first-order valence-electron chi connectivity index (χ1n) is 6.14. The van der Waals surface area contributed by atoms with E-state index in [4.69, 9.17) is 5.73 Å². The van der Waals surface area contributed by atoms with E-state index in [0.717, 1.165) is 21.5 Å². The van der Waals surface area contributed by atoms with Gasteiger partial charge in [0.1, 0.15) is 0 Å². The molecule has 0 aliphatic rings. The van der Waals surface area contributed by atoms with Crippen molar-refractivity contribution in [2.45, 2.75) is 6.92 Å². The molecule has 3 rings (SSSR count). The normalized spacial score (nSPS) is 10.7. The molecule has 3 aromatic rings. The van der Waals surface area contributed by atoms with Gasteiger partial charge in [-0.2, -0.15) is 0 Å². The Balaban J connectivity index is 1.85. The molecule has 2 aromatic carbocycles. The fourth-order valence-corrected chi connectivity index (χ4v) is 2.63. The highest BCUT2D eigenvalue weighted by Gasteiger charge is 2.08. The van der Waals surface area contributed by atoms with Crippen LogP contribution < -0.4 is 11.1 Å². The molecule has 3 N–H and O–H groups in total. The Morgan fingerprint density at radius 2 is 2.10 bits per heavy atom. The van der Waals surface area contributed by atoms with Crippen LogP contribution in [-0.2, 0) is 0 Å². The van der Waals surface area contributed by atoms with Crippen molar-refractivity contribution in [2.75, 3.05) is 11.1 Å². The summed E-state index contributed by atoms with van der Waals surface area (Å²) in [6.07, 6.45) is 0. The number of aryl methyl sites for hydroxylation is 1. The first-order valence-corrected chi connectivity index (χ1v) is 7.02. The maximum Gasteiger partial charge on any atom is 0.255 e. The Labute approximate surface area is 120 Å². The van der Waals surface area contributed by atoms with Gasteiger partial charge in [-0.3, -0.25) is 4.79 Å². The monoisotopic (exact) mass is 283 g/mol. The number of hydrogen-bond acceptors (Lipinski definition) is 4. The fraction of sp³-hybridized carbons (Fsp3) is 0.0667. The van der Waals surface area contributed by atoms with Crippen LogP contribution in [0.1, 0.15) is 15.9 Å². The van der Waals surface area contributed by atoms with Crippen molar-refractivity contribution in [2.24, 2.45) is 0 Å². The van der Waals surface area contributed by atoms with Crippen LogP contribution in [0.2, 0.25) is 0 Å². The molecule has 0 spiro atoms. The van der Waals surface area contributed by atoms with Crippen LogP contribution in [-0.4, -0.2) is 10.9 Å². The number of hydrogen-bond donors (Lipinski definition) is 2. The van der Waals surface area contributed by atoms with Gasteiger partial charge in [-0.05, 0) is 42.8 Å². The van der Waals surface area contributed by atoms with Crippen molar-refractivity contribution in [1.82, 2.24) is 4.98 Å². The maximum atomic E-state index is 12.2. The number of fused-ring (bicyclic) bond motifs is 1. The summed E-state index contributed by atoms with van der Waals surface area (Å²) < 4.78 is 1.05. The van der Waals surface area contributed by atoms with Crippen molar-refractivity contribution >= 4 is 38.8 Å². The summed E-state index contributed by atoms with van der Waals surface area (Å²) >= 11 is 1.55. The van der Waals surface area contributed by atoms with E-state index in [0.29, 0.717) is 11.3 Å². The molecule has 0 bridgehead atoms. The molecule has 20 heavy (non-hydrogen) atoms. The van der Waals surface area contributed by atoms with Crippen molar-refractivity contribution in [3.63, 3.8) is 0 Å². The number of aromatic nitrogens is 1. The molecule has 4 nitrogen and oxygen atoms in total. The quantitative estimate of drug-likeness (QED) is 0.708. The van der Waals surface area contributed by atoms with E-state index in [9.17, 15) is 4.79 Å². The molecule has 0 unspecified atom stereocenters. The summed E-state index contributed by atoms with van der Waals surface area (Å²) in [7, 11) is 0. The van der Waals surface area contributed by atoms with E-state index in [1.54, 1.807) is 29.0 Å². The number of nitrogens with one attached hydrogen (secondary N) is 1. The second-order valence-electron chi connectivity index (χ2n) is 4.56. The second kappa shape index (κ2) is 4.94. The molecule has 1 aromatic heterocycles. The zero-order chi connectivity index (χ0) is 14.1. The molecule has 0 fully saturated rings. The number of carbonyl (C=O) groups excluding carboxylic acids is 1. The van der Waals surface area contributed by atoms with Gasteiger partial charge in [0.05, 0.1) is 15.7 Å². The molecular weight excluding hydrogens is 270 g/mol. The smallest absolute Gasteiger partial charge is 0.255 e. The highest BCUT2D eigenvalue weighted by atomic mass is 32.1. The van der Waals surface area contributed by atoms with Crippen molar-refractivity contribution in [3.05, 3.63) is 53.0 Å². The molecule has 1 amide bonds. The summed E-state index contributed by atoms with van der Waals surface area (Å²) in [5, 5.41) is 2.87. The average Bonchev–Trinajstić information content (AvgIpc) is 2.89. The van der Waals surface area contributed by atoms with Crippen LogP contribution in [0.25, 0.3) is 10.2 Å². The molecule has 1 heterocycles. The SMILES string of the molecule is Cc1ccc(C(=O)Nc2ccc3ncsc3c2)cc1N. The topological polar surface area (TPSA) is 68.0 Å². The number of rotatable bonds is 2. The van der Waals surface area contributed by atoms with Crippen LogP contribution in [0.3, 0.4) is 0 Å². The van der Waals surface area contributed by atoms with Gasteiger partial charge in [-0.25, -0.2) is 4.98 Å². The van der Waals surface area contributed by atoms with Gasteiger partial charge in [0.25, 0.3) is 5.91 Å². The van der Waals surface area contributed by atoms with Gasteiger partial charge in [-0.15, -0.1) is 11.3 Å². The van der Waals surface area contributed by atoms with Crippen molar-refractivity contribution in [3.8, 4) is 0 Å². The number of nitrogen functional groups attached to an aromatic ring is 1. The zero-order valence-corrected chi connectivity index (χ0v) is 11.7. The summed E-state index contributed by atoms with van der Waals surface area (Å²) in [6.45, 7) is 1.91. The van der Waals surface area contributed by atoms with E-state index in [1.165, 1.54) is 0 Å². The first kappa shape index (κ1) is 12.6. The van der Waals surface area contributed by atoms with Gasteiger partial charge in [-0.1, -0.05) is 6.07 Å². The number of benzene rings is 2. The Bertz CT molecular complexity index is 795. The third-order valence-corrected chi connectivity index (χ3v) is 3.92. The van der Waals surface area contributed by atoms with Gasteiger partial charge in [0, 0.05) is 16.9 Å². The molecule has 0 aliphatic carbocycles. The minimum absolute atomic E-state index is 0.166. The Kier molecular flexibility index (Phi) is 3.12. The average molecular weight is 283 g/mol. The van der Waals surface area contributed by atoms with Crippen LogP contribution >= 0.6 is 11.3 Å². The van der Waals surface area contributed by atoms with Crippen LogP contribution in [0, 0.1) is 6.92 Å². The molecule has 100 valence electrons. The number of amides is 1. The van der Waals surface area contributed by atoms with Crippen LogP contribution in [0.15, 0.2) is 41.9 Å². The third kappa shape index (κ3) is 2.35. The van der Waals surface area contributed by atoms with Crippen molar-refractivity contribution < 1.29 is 4.79 Å². The lowest BCUT2D eigenvalue weighted by Crippen LogP contribution is -2.12. The summed E-state index contributed by atoms with van der Waals surface area (Å²) in [5.41, 5.74) is 11.4. The van der Waals surface area contributed by atoms with Crippen molar-refractivity contribution in [1.29, 1.82) is 0 Å². The Hall–Kier alpha value is -2.40. The summed E-state index contributed by atoms with van der Waals surface area (Å²) in [4.78, 5) is 16.4. The third-order valence-electron chi connectivity index (χ3n) is 3.13. The molecule has 0 aliphatic heterocycles. The fourth-order valence-electron chi connectivity index (χ4n) is 1.92. The number of nitrogens with two attached hydrogens (primary N) is 1. The van der Waals surface area contributed by atoms with Gasteiger partial charge in [0.15, 0.2) is 0 Å². The standard InChI is InChI=1S/C15H13N3OS/c1-9-2-3-10(6-12(9)16)15(19)18-11-4-5-13-14(7-11)20-8-17-13/h2-8H,16H2,1H3,(H,18,19). The predicted molar refractivity (Wildman–Crippen MR) is 83.2 cm³/mol. The van der Waals surface area contributed by atoms with Crippen LogP contribution in [0.5, 0.6) is 0 Å². The molecule has 0 saturated heterocycles. The molecular formula is C15H13N3OS. The lowest BCUT2D eigenvalue weighted by atomic mass is 10.1. The van der Waals surface area contributed by atoms with E-state index < -0.39 is 0 Å². The molecule has 0 saturated carbocycles. The van der Waals surface area contributed by atoms with E-state index >= 15 is 0 Å². The number of nitrogens with zero attached hydrogens (tertiary/aromatic N) is 1. The van der Waals surface area contributed by atoms with E-state index in [-0.39, 0.29) is 5.91 Å². The number of thiazole rings is 1. The lowest BCUT2D eigenvalue weighted by Gasteiger charge is -2.07. The van der Waals surface area contributed by atoms with E-state index in [2.05, 4.69) is 10.3 Å². The maximum absolute atomic E-state index is 12.2. The first-order chi connectivity index (χ1) is 9.63. The molecule has 0 radical (unpaired) electrons. The Morgan fingerprint density at radius 1 is 1.25 bits per heavy atom. The van der Waals surface area contributed by atoms with E-state index in [1.807, 2.05) is 31.2 Å². The largest absolute Gasteiger partial charge is 0.398 e. The predicted octanol–water partition coefficient (Wildman–Crippen LogP) is 3.44. The molecule has 0 atom stereocenters. The minimum atomic E-state index is -0.166. The lowest BCUT2D eigenvalue weighted by molar-refractivity contribution is 0.102. The zero-order valence-electron chi connectivity index (χ0n) is 10.9. The number of anilines is 2. The highest BCUT2D eigenvalue weighted by molar-refractivity contribution is 7.16. The van der Waals surface area contributed by atoms with Gasteiger partial charge in [0.2, 0.25) is 0 Å². The summed E-state index contributed by atoms with van der Waals surface area (Å²) in [6, 6.07) is 11.0. The number of carbonyl (C=O) groups is 1. The van der Waals surface area contributed by atoms with Crippen LogP contribution in [0.4, 0.5) is 11.4 Å². The Morgan fingerprint density at radius 3 is 2.90 bits per heavy atom. The minimum Gasteiger partial charge on any atom is -0.398 e. The molecule has 5 heteroatoms. The van der Waals surface area contributed by atoms with Gasteiger partial charge < -0.3 is 11.1 Å². The van der Waals surface area contributed by atoms with Gasteiger partial charge >= 0.3 is 0 Å².